The average Bonchev–Trinajstić information content (AvgIpc) is 2.34. The maximum atomic E-state index is 12.3. The molecule has 0 saturated heterocycles. The summed E-state index contributed by atoms with van der Waals surface area (Å²) in [5.74, 6) is -2.77. The molecule has 2 atom stereocenters. The van der Waals surface area contributed by atoms with Gasteiger partial charge >= 0.3 is 12.1 Å². The predicted molar refractivity (Wildman–Crippen MR) is 61.4 cm³/mol. The minimum Gasteiger partial charge on any atom is -0.481 e. The number of alkyl halides is 3. The zero-order valence-corrected chi connectivity index (χ0v) is 10.7. The Morgan fingerprint density at radius 1 is 1.26 bits per heavy atom. The molecule has 1 N–H and O–H groups in total. The van der Waals surface area contributed by atoms with Crippen molar-refractivity contribution < 1.29 is 27.9 Å². The molecule has 0 aromatic rings. The highest BCUT2D eigenvalue weighted by molar-refractivity contribution is 5.80. The van der Waals surface area contributed by atoms with Gasteiger partial charge in [-0.1, -0.05) is 6.42 Å². The molecule has 19 heavy (non-hydrogen) atoms. The Balaban J connectivity index is 2.66. The molecular formula is C12H18F3NO3. The summed E-state index contributed by atoms with van der Waals surface area (Å²) in [6, 6.07) is 0. The molecule has 0 unspecified atom stereocenters. The minimum atomic E-state index is -4.42. The van der Waals surface area contributed by atoms with Crippen LogP contribution in [0.2, 0.25) is 0 Å². The van der Waals surface area contributed by atoms with E-state index in [1.54, 1.807) is 0 Å². The van der Waals surface area contributed by atoms with Gasteiger partial charge < -0.3 is 10.0 Å². The fourth-order valence-electron chi connectivity index (χ4n) is 2.46. The summed E-state index contributed by atoms with van der Waals surface area (Å²) >= 11 is 0. The second-order valence-corrected chi connectivity index (χ2v) is 4.87. The van der Waals surface area contributed by atoms with E-state index in [9.17, 15) is 22.8 Å². The van der Waals surface area contributed by atoms with Gasteiger partial charge in [-0.05, 0) is 26.2 Å². The van der Waals surface area contributed by atoms with Crippen LogP contribution in [-0.2, 0) is 9.59 Å². The molecule has 0 heterocycles. The summed E-state index contributed by atoms with van der Waals surface area (Å²) in [6.07, 6.45) is -2.76. The first kappa shape index (κ1) is 15.8. The van der Waals surface area contributed by atoms with Gasteiger partial charge in [0.1, 0.15) is 6.54 Å². The molecule has 0 aromatic carbocycles. The van der Waals surface area contributed by atoms with E-state index in [2.05, 4.69) is 0 Å². The molecule has 110 valence electrons. The van der Waals surface area contributed by atoms with Crippen LogP contribution in [0.4, 0.5) is 13.2 Å². The number of carbonyl (C=O) groups excluding carboxylic acids is 1. The molecular weight excluding hydrogens is 263 g/mol. The average molecular weight is 281 g/mol. The molecule has 1 rings (SSSR count). The van der Waals surface area contributed by atoms with Crippen LogP contribution in [0.5, 0.6) is 0 Å². The third kappa shape index (κ3) is 4.72. The number of carbonyl (C=O) groups is 2. The van der Waals surface area contributed by atoms with Gasteiger partial charge in [0.2, 0.25) is 5.91 Å². The van der Waals surface area contributed by atoms with Crippen molar-refractivity contribution in [2.45, 2.75) is 38.8 Å². The Bertz CT molecular complexity index is 344. The number of carboxylic acid groups (broad SMARTS) is 1. The highest BCUT2D eigenvalue weighted by atomic mass is 19.4. The highest BCUT2D eigenvalue weighted by Gasteiger charge is 2.37. The van der Waals surface area contributed by atoms with Crippen molar-refractivity contribution in [2.24, 2.45) is 11.8 Å². The molecule has 1 fully saturated rings. The molecule has 1 aliphatic rings. The molecule has 0 radical (unpaired) electrons. The van der Waals surface area contributed by atoms with Gasteiger partial charge in [-0.15, -0.1) is 0 Å². The summed E-state index contributed by atoms with van der Waals surface area (Å²) in [6.45, 7) is 0.199. The van der Waals surface area contributed by atoms with E-state index in [1.807, 2.05) is 0 Å². The molecule has 0 spiro atoms. The van der Waals surface area contributed by atoms with Gasteiger partial charge in [0, 0.05) is 12.5 Å². The van der Waals surface area contributed by atoms with Crippen LogP contribution in [0.25, 0.3) is 0 Å². The van der Waals surface area contributed by atoms with Gasteiger partial charge in [0.05, 0.1) is 5.92 Å². The van der Waals surface area contributed by atoms with Crippen molar-refractivity contribution in [3.05, 3.63) is 0 Å². The first-order chi connectivity index (χ1) is 8.74. The van der Waals surface area contributed by atoms with Crippen LogP contribution < -0.4 is 0 Å². The van der Waals surface area contributed by atoms with Crippen LogP contribution in [-0.4, -0.2) is 41.1 Å². The lowest BCUT2D eigenvalue weighted by molar-refractivity contribution is -0.165. The topological polar surface area (TPSA) is 57.6 Å². The van der Waals surface area contributed by atoms with Gasteiger partial charge in [0.15, 0.2) is 0 Å². The number of hydrogen-bond acceptors (Lipinski definition) is 2. The Labute approximate surface area is 109 Å². The predicted octanol–water partition coefficient (Wildman–Crippen LogP) is 2.29. The highest BCUT2D eigenvalue weighted by Crippen LogP contribution is 2.31. The van der Waals surface area contributed by atoms with E-state index in [0.29, 0.717) is 19.3 Å². The Kier molecular flexibility index (Phi) is 5.20. The van der Waals surface area contributed by atoms with E-state index >= 15 is 0 Å². The number of rotatable bonds is 4. The third-order valence-corrected chi connectivity index (χ3v) is 3.44. The Hall–Kier alpha value is -1.27. The number of carboxylic acids is 1. The zero-order valence-electron chi connectivity index (χ0n) is 10.7. The standard InChI is InChI=1S/C12H18F3NO3/c1-2-16(7-12(13,14)15)10(17)8-4-3-5-9(6-8)11(18)19/h8-9H,2-7H2,1H3,(H,18,19)/t8-,9-/m1/s1. The Morgan fingerprint density at radius 3 is 2.32 bits per heavy atom. The summed E-state index contributed by atoms with van der Waals surface area (Å²) in [7, 11) is 0. The van der Waals surface area contributed by atoms with Crippen molar-refractivity contribution in [1.29, 1.82) is 0 Å². The van der Waals surface area contributed by atoms with E-state index in [1.165, 1.54) is 6.92 Å². The van der Waals surface area contributed by atoms with E-state index in [4.69, 9.17) is 5.11 Å². The normalized spacial score (nSPS) is 24.0. The van der Waals surface area contributed by atoms with Crippen LogP contribution in [0, 0.1) is 11.8 Å². The molecule has 0 aromatic heterocycles. The van der Waals surface area contributed by atoms with Crippen molar-refractivity contribution in [1.82, 2.24) is 4.90 Å². The number of aliphatic carboxylic acids is 1. The molecule has 1 saturated carbocycles. The summed E-state index contributed by atoms with van der Waals surface area (Å²) < 4.78 is 37.0. The molecule has 7 heteroatoms. The maximum Gasteiger partial charge on any atom is 0.406 e. The lowest BCUT2D eigenvalue weighted by Crippen LogP contribution is -2.43. The van der Waals surface area contributed by atoms with Crippen LogP contribution in [0.1, 0.15) is 32.6 Å². The van der Waals surface area contributed by atoms with Crippen LogP contribution in [0.3, 0.4) is 0 Å². The first-order valence-corrected chi connectivity index (χ1v) is 6.33. The molecule has 0 aliphatic heterocycles. The number of halogens is 3. The molecule has 4 nitrogen and oxygen atoms in total. The second kappa shape index (κ2) is 6.25. The van der Waals surface area contributed by atoms with Crippen molar-refractivity contribution in [3.63, 3.8) is 0 Å². The lowest BCUT2D eigenvalue weighted by Gasteiger charge is -2.31. The number of nitrogens with zero attached hydrogens (tertiary/aromatic N) is 1. The van der Waals surface area contributed by atoms with Gasteiger partial charge in [0.25, 0.3) is 0 Å². The third-order valence-electron chi connectivity index (χ3n) is 3.44. The first-order valence-electron chi connectivity index (χ1n) is 6.33. The van der Waals surface area contributed by atoms with Crippen molar-refractivity contribution >= 4 is 11.9 Å². The summed E-state index contributed by atoms with van der Waals surface area (Å²) in [5, 5.41) is 8.92. The van der Waals surface area contributed by atoms with Gasteiger partial charge in [-0.2, -0.15) is 13.2 Å². The van der Waals surface area contributed by atoms with E-state index in [0.717, 1.165) is 4.90 Å². The smallest absolute Gasteiger partial charge is 0.406 e. The fourth-order valence-corrected chi connectivity index (χ4v) is 2.46. The monoisotopic (exact) mass is 281 g/mol. The van der Waals surface area contributed by atoms with Crippen molar-refractivity contribution in [3.8, 4) is 0 Å². The number of hydrogen-bond donors (Lipinski definition) is 1. The molecule has 0 bridgehead atoms. The molecule has 1 amide bonds. The lowest BCUT2D eigenvalue weighted by atomic mass is 9.80. The van der Waals surface area contributed by atoms with E-state index in [-0.39, 0.29) is 13.0 Å². The van der Waals surface area contributed by atoms with Crippen molar-refractivity contribution in [2.75, 3.05) is 13.1 Å². The van der Waals surface area contributed by atoms with Gasteiger partial charge in [-0.25, -0.2) is 0 Å². The fraction of sp³-hybridized carbons (Fsp3) is 0.833. The SMILES string of the molecule is CCN(CC(F)(F)F)C(=O)[C@@H]1CCC[C@@H](C(=O)O)C1. The van der Waals surface area contributed by atoms with E-state index < -0.39 is 36.4 Å². The summed E-state index contributed by atoms with van der Waals surface area (Å²) in [5.41, 5.74) is 0. The largest absolute Gasteiger partial charge is 0.481 e. The summed E-state index contributed by atoms with van der Waals surface area (Å²) in [4.78, 5) is 23.7. The Morgan fingerprint density at radius 2 is 1.84 bits per heavy atom. The second-order valence-electron chi connectivity index (χ2n) is 4.87. The van der Waals surface area contributed by atoms with Crippen LogP contribution in [0.15, 0.2) is 0 Å². The minimum absolute atomic E-state index is 0.0212. The van der Waals surface area contributed by atoms with Crippen LogP contribution >= 0.6 is 0 Å². The quantitative estimate of drug-likeness (QED) is 0.860. The maximum absolute atomic E-state index is 12.3. The zero-order chi connectivity index (χ0) is 14.6. The number of amides is 1. The molecule has 1 aliphatic carbocycles. The van der Waals surface area contributed by atoms with Gasteiger partial charge in [-0.3, -0.25) is 9.59 Å².